The van der Waals surface area contributed by atoms with Gasteiger partial charge in [-0.15, -0.1) is 11.3 Å². The second-order valence-corrected chi connectivity index (χ2v) is 8.94. The summed E-state index contributed by atoms with van der Waals surface area (Å²) >= 11 is 1.43. The first-order valence-corrected chi connectivity index (χ1v) is 11.1. The second kappa shape index (κ2) is 9.25. The summed E-state index contributed by atoms with van der Waals surface area (Å²) in [7, 11) is -3.79. The zero-order valence-corrected chi connectivity index (χ0v) is 16.8. The van der Waals surface area contributed by atoms with Gasteiger partial charge in [0, 0.05) is 29.1 Å². The standard InChI is InChI=1S/C20H18F2N2O3S2/c21-18-7-2-8-19(22)17(18)9-10-23-20(25)14-4-1-6-16(12-14)29(26,27)24-13-15-5-3-11-28-15/h1-8,11-12,24H,9-10,13H2,(H,23,25). The van der Waals surface area contributed by atoms with Gasteiger partial charge >= 0.3 is 0 Å². The average molecular weight is 437 g/mol. The van der Waals surface area contributed by atoms with E-state index in [9.17, 15) is 22.0 Å². The number of carbonyl (C=O) groups is 1. The van der Waals surface area contributed by atoms with Gasteiger partial charge in [0.05, 0.1) is 4.90 Å². The van der Waals surface area contributed by atoms with E-state index < -0.39 is 27.6 Å². The van der Waals surface area contributed by atoms with Crippen LogP contribution in [0.25, 0.3) is 0 Å². The number of rotatable bonds is 8. The number of nitrogens with one attached hydrogen (secondary N) is 2. The summed E-state index contributed by atoms with van der Waals surface area (Å²) in [4.78, 5) is 13.1. The summed E-state index contributed by atoms with van der Waals surface area (Å²) in [6.45, 7) is 0.162. The fraction of sp³-hybridized carbons (Fsp3) is 0.150. The molecule has 0 radical (unpaired) electrons. The summed E-state index contributed by atoms with van der Waals surface area (Å²) in [6, 6.07) is 12.8. The molecule has 1 amide bonds. The van der Waals surface area contributed by atoms with E-state index in [1.807, 2.05) is 17.5 Å². The van der Waals surface area contributed by atoms with Crippen LogP contribution in [0.5, 0.6) is 0 Å². The van der Waals surface area contributed by atoms with Gasteiger partial charge in [-0.25, -0.2) is 21.9 Å². The predicted molar refractivity (Wildman–Crippen MR) is 107 cm³/mol. The highest BCUT2D eigenvalue weighted by molar-refractivity contribution is 7.89. The van der Waals surface area contributed by atoms with E-state index >= 15 is 0 Å². The molecule has 0 saturated carbocycles. The Morgan fingerprint density at radius 1 is 1.00 bits per heavy atom. The maximum Gasteiger partial charge on any atom is 0.251 e. The van der Waals surface area contributed by atoms with Crippen molar-refractivity contribution < 1.29 is 22.0 Å². The Balaban J connectivity index is 1.63. The lowest BCUT2D eigenvalue weighted by Gasteiger charge is -2.09. The Bertz CT molecular complexity index is 1080. The van der Waals surface area contributed by atoms with E-state index in [4.69, 9.17) is 0 Å². The molecule has 29 heavy (non-hydrogen) atoms. The van der Waals surface area contributed by atoms with E-state index in [2.05, 4.69) is 10.0 Å². The van der Waals surface area contributed by atoms with Gasteiger partial charge in [0.1, 0.15) is 11.6 Å². The van der Waals surface area contributed by atoms with Gasteiger partial charge < -0.3 is 5.32 Å². The Labute approximate surface area is 171 Å². The van der Waals surface area contributed by atoms with Crippen LogP contribution in [0.2, 0.25) is 0 Å². The minimum atomic E-state index is -3.79. The van der Waals surface area contributed by atoms with Gasteiger partial charge in [-0.1, -0.05) is 18.2 Å². The van der Waals surface area contributed by atoms with E-state index in [1.165, 1.54) is 41.7 Å². The molecule has 0 atom stereocenters. The quantitative estimate of drug-likeness (QED) is 0.568. The molecule has 152 valence electrons. The second-order valence-electron chi connectivity index (χ2n) is 6.14. The van der Waals surface area contributed by atoms with Gasteiger partial charge in [0.15, 0.2) is 0 Å². The minimum absolute atomic E-state index is 0.00426. The molecule has 9 heteroatoms. The molecular formula is C20H18F2N2O3S2. The third-order valence-corrected chi connectivity index (χ3v) is 6.42. The fourth-order valence-electron chi connectivity index (χ4n) is 2.64. The molecule has 0 aliphatic carbocycles. The van der Waals surface area contributed by atoms with Crippen molar-refractivity contribution in [1.82, 2.24) is 10.0 Å². The highest BCUT2D eigenvalue weighted by Gasteiger charge is 2.16. The fourth-order valence-corrected chi connectivity index (χ4v) is 4.43. The van der Waals surface area contributed by atoms with Crippen LogP contribution in [0, 0.1) is 11.6 Å². The van der Waals surface area contributed by atoms with Crippen LogP contribution < -0.4 is 10.0 Å². The van der Waals surface area contributed by atoms with Crippen molar-refractivity contribution in [2.24, 2.45) is 0 Å². The molecule has 0 aliphatic rings. The van der Waals surface area contributed by atoms with E-state index in [-0.39, 0.29) is 35.5 Å². The Morgan fingerprint density at radius 2 is 1.72 bits per heavy atom. The molecule has 0 unspecified atom stereocenters. The predicted octanol–water partition coefficient (Wildman–Crippen LogP) is 3.48. The SMILES string of the molecule is O=C(NCCc1c(F)cccc1F)c1cccc(S(=O)(=O)NCc2cccs2)c1. The molecule has 3 rings (SSSR count). The molecule has 3 aromatic rings. The lowest BCUT2D eigenvalue weighted by atomic mass is 10.1. The van der Waals surface area contributed by atoms with E-state index in [1.54, 1.807) is 0 Å². The van der Waals surface area contributed by atoms with Crippen molar-refractivity contribution in [3.63, 3.8) is 0 Å². The number of hydrogen-bond donors (Lipinski definition) is 2. The molecule has 0 saturated heterocycles. The molecular weight excluding hydrogens is 418 g/mol. The van der Waals surface area contributed by atoms with Crippen LogP contribution in [0.4, 0.5) is 8.78 Å². The third-order valence-electron chi connectivity index (χ3n) is 4.15. The monoisotopic (exact) mass is 436 g/mol. The van der Waals surface area contributed by atoms with Crippen molar-refractivity contribution in [1.29, 1.82) is 0 Å². The number of hydrogen-bond acceptors (Lipinski definition) is 4. The highest BCUT2D eigenvalue weighted by Crippen LogP contribution is 2.15. The first-order valence-electron chi connectivity index (χ1n) is 8.70. The number of carbonyl (C=O) groups excluding carboxylic acids is 1. The summed E-state index contributed by atoms with van der Waals surface area (Å²) in [5, 5.41) is 4.40. The van der Waals surface area contributed by atoms with Crippen molar-refractivity contribution >= 4 is 27.3 Å². The molecule has 0 bridgehead atoms. The highest BCUT2D eigenvalue weighted by atomic mass is 32.2. The van der Waals surface area contributed by atoms with Crippen molar-refractivity contribution in [2.75, 3.05) is 6.54 Å². The maximum absolute atomic E-state index is 13.6. The van der Waals surface area contributed by atoms with Crippen molar-refractivity contribution in [3.8, 4) is 0 Å². The van der Waals surface area contributed by atoms with E-state index in [0.29, 0.717) is 0 Å². The smallest absolute Gasteiger partial charge is 0.251 e. The Hall–Kier alpha value is -2.62. The zero-order valence-electron chi connectivity index (χ0n) is 15.2. The third kappa shape index (κ3) is 5.47. The van der Waals surface area contributed by atoms with Crippen molar-refractivity contribution in [3.05, 3.63) is 87.6 Å². The molecule has 1 heterocycles. The topological polar surface area (TPSA) is 75.3 Å². The number of amides is 1. The summed E-state index contributed by atoms with van der Waals surface area (Å²) in [6.07, 6.45) is -0.0232. The lowest BCUT2D eigenvalue weighted by molar-refractivity contribution is 0.0953. The number of benzene rings is 2. The zero-order chi connectivity index (χ0) is 20.9. The normalized spacial score (nSPS) is 11.4. The van der Waals surface area contributed by atoms with Gasteiger partial charge in [0.2, 0.25) is 10.0 Å². The van der Waals surface area contributed by atoms with Gasteiger partial charge in [0.25, 0.3) is 5.91 Å². The number of thiophene rings is 1. The Kier molecular flexibility index (Phi) is 6.73. The van der Waals surface area contributed by atoms with E-state index in [0.717, 1.165) is 17.0 Å². The molecule has 2 N–H and O–H groups in total. The van der Waals surface area contributed by atoms with Crippen LogP contribution in [0.1, 0.15) is 20.8 Å². The first-order chi connectivity index (χ1) is 13.9. The van der Waals surface area contributed by atoms with Crippen LogP contribution in [-0.4, -0.2) is 20.9 Å². The molecule has 0 aliphatic heterocycles. The van der Waals surface area contributed by atoms with Crippen molar-refractivity contribution in [2.45, 2.75) is 17.9 Å². The van der Waals surface area contributed by atoms with Crippen LogP contribution in [-0.2, 0) is 23.0 Å². The van der Waals surface area contributed by atoms with Gasteiger partial charge in [-0.05, 0) is 48.2 Å². The lowest BCUT2D eigenvalue weighted by Crippen LogP contribution is -2.27. The Morgan fingerprint density at radius 3 is 2.41 bits per heavy atom. The number of halogens is 2. The molecule has 0 spiro atoms. The van der Waals surface area contributed by atoms with Gasteiger partial charge in [-0.3, -0.25) is 4.79 Å². The van der Waals surface area contributed by atoms with Crippen LogP contribution in [0.15, 0.2) is 64.9 Å². The maximum atomic E-state index is 13.6. The molecule has 5 nitrogen and oxygen atoms in total. The molecule has 1 aromatic heterocycles. The number of sulfonamides is 1. The summed E-state index contributed by atoms with van der Waals surface area (Å²) < 4.78 is 54.7. The average Bonchev–Trinajstić information content (AvgIpc) is 3.22. The molecule has 2 aromatic carbocycles. The summed E-state index contributed by atoms with van der Waals surface area (Å²) in [5.74, 6) is -1.88. The summed E-state index contributed by atoms with van der Waals surface area (Å²) in [5.41, 5.74) is 0.0277. The van der Waals surface area contributed by atoms with Crippen LogP contribution in [0.3, 0.4) is 0 Å². The molecule has 0 fully saturated rings. The first kappa shape index (κ1) is 21.1. The minimum Gasteiger partial charge on any atom is -0.352 e. The largest absolute Gasteiger partial charge is 0.352 e. The van der Waals surface area contributed by atoms with Gasteiger partial charge in [-0.2, -0.15) is 0 Å². The van der Waals surface area contributed by atoms with Crippen LogP contribution >= 0.6 is 11.3 Å².